The molecular weight excluding hydrogens is 494 g/mol. The Kier molecular flexibility index (Phi) is 6.71. The molecule has 0 aromatic carbocycles. The third-order valence-corrected chi connectivity index (χ3v) is 9.07. The fraction of sp³-hybridized carbons (Fsp3) is 0.440. The largest absolute Gasteiger partial charge is 0.351 e. The number of hydrogen-bond donors (Lipinski definition) is 2. The number of thiophene rings is 1. The number of amides is 2. The van der Waals surface area contributed by atoms with Crippen LogP contribution in [0.15, 0.2) is 30.9 Å². The smallest absolute Gasteiger partial charge is 0.261 e. The molecule has 1 saturated heterocycles. The third-order valence-electron chi connectivity index (χ3n) is 6.76. The van der Waals surface area contributed by atoms with E-state index in [1.165, 1.54) is 35.5 Å². The van der Waals surface area contributed by atoms with E-state index in [0.29, 0.717) is 22.0 Å². The van der Waals surface area contributed by atoms with Gasteiger partial charge in [-0.25, -0.2) is 4.52 Å². The second-order valence-electron chi connectivity index (χ2n) is 9.90. The van der Waals surface area contributed by atoms with Crippen LogP contribution in [0.2, 0.25) is 0 Å². The first kappa shape index (κ1) is 24.7. The molecule has 1 aliphatic rings. The summed E-state index contributed by atoms with van der Waals surface area (Å²) in [5, 5.41) is 15.2. The van der Waals surface area contributed by atoms with Crippen molar-refractivity contribution in [3.63, 3.8) is 0 Å². The normalized spacial score (nSPS) is 15.6. The summed E-state index contributed by atoms with van der Waals surface area (Å²) in [6, 6.07) is 1.83. The van der Waals surface area contributed by atoms with Gasteiger partial charge < -0.3 is 10.6 Å². The number of aryl methyl sites for hydroxylation is 2. The second kappa shape index (κ2) is 9.79. The van der Waals surface area contributed by atoms with Gasteiger partial charge in [-0.1, -0.05) is 0 Å². The number of anilines is 1. The third kappa shape index (κ3) is 4.95. The van der Waals surface area contributed by atoms with E-state index in [1.807, 2.05) is 32.4 Å². The highest BCUT2D eigenvalue weighted by Gasteiger charge is 2.31. The van der Waals surface area contributed by atoms with Crippen LogP contribution in [0.4, 0.5) is 5.00 Å². The summed E-state index contributed by atoms with van der Waals surface area (Å²) in [5.74, 6) is -0.341. The average Bonchev–Trinajstić information content (AvgIpc) is 3.62. The first-order valence-corrected chi connectivity index (χ1v) is 13.8. The Morgan fingerprint density at radius 3 is 2.69 bits per heavy atom. The fourth-order valence-corrected chi connectivity index (χ4v) is 6.67. The molecule has 0 radical (unpaired) electrons. The van der Waals surface area contributed by atoms with Gasteiger partial charge in [-0.15, -0.1) is 22.7 Å². The van der Waals surface area contributed by atoms with Gasteiger partial charge in [0.15, 0.2) is 0 Å². The van der Waals surface area contributed by atoms with E-state index >= 15 is 0 Å². The Bertz CT molecular complexity index is 1410. The predicted molar refractivity (Wildman–Crippen MR) is 144 cm³/mol. The minimum Gasteiger partial charge on any atom is -0.351 e. The first-order valence-electron chi connectivity index (χ1n) is 12.1. The van der Waals surface area contributed by atoms with E-state index in [4.69, 9.17) is 0 Å². The van der Waals surface area contributed by atoms with Crippen molar-refractivity contribution in [3.8, 4) is 10.4 Å². The van der Waals surface area contributed by atoms with Gasteiger partial charge in [0.1, 0.15) is 4.83 Å². The minimum absolute atomic E-state index is 0.100. The minimum atomic E-state index is -0.241. The van der Waals surface area contributed by atoms with Crippen LogP contribution in [0.5, 0.6) is 0 Å². The van der Waals surface area contributed by atoms with E-state index in [2.05, 4.69) is 39.6 Å². The van der Waals surface area contributed by atoms with Crippen LogP contribution in [-0.4, -0.2) is 61.3 Å². The van der Waals surface area contributed by atoms with Crippen LogP contribution in [0.1, 0.15) is 58.7 Å². The van der Waals surface area contributed by atoms with Crippen molar-refractivity contribution in [2.24, 2.45) is 7.05 Å². The molecule has 1 fully saturated rings. The van der Waals surface area contributed by atoms with Gasteiger partial charge in [0, 0.05) is 43.6 Å². The lowest BCUT2D eigenvalue weighted by Gasteiger charge is -2.31. The molecular formula is C25H31N7O2S2. The maximum Gasteiger partial charge on any atom is 0.261 e. The van der Waals surface area contributed by atoms with Crippen LogP contribution in [0.25, 0.3) is 15.3 Å². The maximum atomic E-state index is 13.1. The molecule has 1 aliphatic heterocycles. The molecule has 36 heavy (non-hydrogen) atoms. The van der Waals surface area contributed by atoms with Crippen LogP contribution < -0.4 is 10.6 Å². The van der Waals surface area contributed by atoms with E-state index in [9.17, 15) is 9.59 Å². The molecule has 4 aromatic rings. The van der Waals surface area contributed by atoms with Crippen molar-refractivity contribution in [1.82, 2.24) is 29.6 Å². The Morgan fingerprint density at radius 2 is 1.97 bits per heavy atom. The van der Waals surface area contributed by atoms with Gasteiger partial charge in [0.05, 0.1) is 32.7 Å². The monoisotopic (exact) mass is 525 g/mol. The van der Waals surface area contributed by atoms with Gasteiger partial charge in [0.25, 0.3) is 11.8 Å². The number of carbonyl (C=O) groups excluding carboxylic acids is 2. The van der Waals surface area contributed by atoms with E-state index in [0.717, 1.165) is 40.3 Å². The van der Waals surface area contributed by atoms with Crippen molar-refractivity contribution in [1.29, 1.82) is 0 Å². The SMILES string of the molecule is Cc1cc(C(=O)NCCCN2CCCC2(C)C)sc1NC(=O)c1cnn2cc(-c3cnn(C)c3)sc12. The predicted octanol–water partition coefficient (Wildman–Crippen LogP) is 4.41. The Hall–Kier alpha value is -3.02. The number of rotatable bonds is 8. The Balaban J connectivity index is 1.20. The lowest BCUT2D eigenvalue weighted by atomic mass is 10.0. The molecule has 5 rings (SSSR count). The van der Waals surface area contributed by atoms with Gasteiger partial charge >= 0.3 is 0 Å². The molecule has 9 nitrogen and oxygen atoms in total. The number of nitrogens with zero attached hydrogens (tertiary/aromatic N) is 5. The number of aromatic nitrogens is 4. The van der Waals surface area contributed by atoms with Gasteiger partial charge in [-0.05, 0) is 58.2 Å². The molecule has 4 aromatic heterocycles. The summed E-state index contributed by atoms with van der Waals surface area (Å²) >= 11 is 2.79. The standard InChI is InChI=1S/C25H31N7O2S2/c1-16-11-19(22(34)26-8-6-10-31-9-5-7-25(31,2)3)35-23(16)29-21(33)18-13-28-32-15-20(36-24(18)32)17-12-27-30(4)14-17/h11-15H,5-10H2,1-4H3,(H,26,34)(H,29,33). The topological polar surface area (TPSA) is 96.6 Å². The van der Waals surface area contributed by atoms with Crippen LogP contribution in [-0.2, 0) is 7.05 Å². The lowest BCUT2D eigenvalue weighted by molar-refractivity contribution is 0.0952. The van der Waals surface area contributed by atoms with E-state index in [-0.39, 0.29) is 17.4 Å². The van der Waals surface area contributed by atoms with Crippen molar-refractivity contribution in [3.05, 3.63) is 46.9 Å². The summed E-state index contributed by atoms with van der Waals surface area (Å²) < 4.78 is 3.46. The molecule has 11 heteroatoms. The summed E-state index contributed by atoms with van der Waals surface area (Å²) in [7, 11) is 1.87. The summed E-state index contributed by atoms with van der Waals surface area (Å²) in [6.45, 7) is 9.23. The molecule has 190 valence electrons. The number of carbonyl (C=O) groups is 2. The fourth-order valence-electron chi connectivity index (χ4n) is 4.65. The van der Waals surface area contributed by atoms with E-state index in [1.54, 1.807) is 21.6 Å². The lowest BCUT2D eigenvalue weighted by Crippen LogP contribution is -2.39. The zero-order chi connectivity index (χ0) is 25.4. The Labute approximate surface area is 218 Å². The second-order valence-corrected chi connectivity index (χ2v) is 12.0. The zero-order valence-corrected chi connectivity index (χ0v) is 22.6. The van der Waals surface area contributed by atoms with Crippen molar-refractivity contribution in [2.45, 2.75) is 45.6 Å². The number of likely N-dealkylation sites (tertiary alicyclic amines) is 1. The maximum absolute atomic E-state index is 13.1. The van der Waals surface area contributed by atoms with Gasteiger partial charge in [0.2, 0.25) is 0 Å². The highest BCUT2D eigenvalue weighted by molar-refractivity contribution is 7.21. The quantitative estimate of drug-likeness (QED) is 0.332. The van der Waals surface area contributed by atoms with Crippen molar-refractivity contribution >= 4 is 44.3 Å². The molecule has 0 unspecified atom stereocenters. The number of thiazole rings is 1. The first-order chi connectivity index (χ1) is 17.2. The zero-order valence-electron chi connectivity index (χ0n) is 21.0. The molecule has 0 spiro atoms. The van der Waals surface area contributed by atoms with Crippen LogP contribution >= 0.6 is 22.7 Å². The molecule has 2 N–H and O–H groups in total. The molecule has 0 saturated carbocycles. The van der Waals surface area contributed by atoms with Crippen LogP contribution in [0, 0.1) is 6.92 Å². The molecule has 5 heterocycles. The van der Waals surface area contributed by atoms with Crippen LogP contribution in [0.3, 0.4) is 0 Å². The van der Waals surface area contributed by atoms with Gasteiger partial charge in [-0.3, -0.25) is 19.2 Å². The summed E-state index contributed by atoms with van der Waals surface area (Å²) in [5.41, 5.74) is 2.60. The molecule has 0 atom stereocenters. The average molecular weight is 526 g/mol. The summed E-state index contributed by atoms with van der Waals surface area (Å²) in [4.78, 5) is 30.7. The highest BCUT2D eigenvalue weighted by atomic mass is 32.1. The number of hydrogen-bond acceptors (Lipinski definition) is 7. The van der Waals surface area contributed by atoms with Crippen molar-refractivity contribution < 1.29 is 9.59 Å². The highest BCUT2D eigenvalue weighted by Crippen LogP contribution is 2.32. The Morgan fingerprint density at radius 1 is 1.14 bits per heavy atom. The van der Waals surface area contributed by atoms with E-state index < -0.39 is 0 Å². The van der Waals surface area contributed by atoms with Crippen molar-refractivity contribution in [2.75, 3.05) is 25.0 Å². The van der Waals surface area contributed by atoms with Gasteiger partial charge in [-0.2, -0.15) is 10.2 Å². The molecule has 0 bridgehead atoms. The number of nitrogens with one attached hydrogen (secondary N) is 2. The molecule has 2 amide bonds. The summed E-state index contributed by atoms with van der Waals surface area (Å²) in [6.07, 6.45) is 10.6. The number of fused-ring (bicyclic) bond motifs is 1. The molecule has 0 aliphatic carbocycles.